The van der Waals surface area contributed by atoms with Crippen LogP contribution in [-0.4, -0.2) is 18.5 Å². The highest BCUT2D eigenvalue weighted by molar-refractivity contribution is 5.01. The molecule has 1 aliphatic rings. The van der Waals surface area contributed by atoms with Gasteiger partial charge in [-0.3, -0.25) is 0 Å². The predicted molar refractivity (Wildman–Crippen MR) is 67.3 cm³/mol. The maximum Gasteiger partial charge on any atom is 0.177 e. The van der Waals surface area contributed by atoms with E-state index in [0.29, 0.717) is 0 Å². The van der Waals surface area contributed by atoms with Gasteiger partial charge in [-0.1, -0.05) is 25.8 Å². The molecule has 0 aromatic carbocycles. The molecule has 2 heteroatoms. The molecule has 0 aliphatic carbocycles. The van der Waals surface area contributed by atoms with Crippen molar-refractivity contribution in [3.63, 3.8) is 0 Å². The average molecular weight is 226 g/mol. The van der Waals surface area contributed by atoms with E-state index in [4.69, 9.17) is 9.47 Å². The van der Waals surface area contributed by atoms with Gasteiger partial charge < -0.3 is 9.47 Å². The fourth-order valence-corrected chi connectivity index (χ4v) is 1.86. The monoisotopic (exact) mass is 226 g/mol. The van der Waals surface area contributed by atoms with E-state index in [1.165, 1.54) is 18.4 Å². The first-order chi connectivity index (χ1) is 7.49. The van der Waals surface area contributed by atoms with Gasteiger partial charge in [0.1, 0.15) is 0 Å². The van der Waals surface area contributed by atoms with Gasteiger partial charge in [-0.2, -0.15) is 0 Å². The van der Waals surface area contributed by atoms with E-state index in [1.54, 1.807) is 0 Å². The Hall–Kier alpha value is -0.340. The summed E-state index contributed by atoms with van der Waals surface area (Å²) in [6.45, 7) is 10.8. The molecule has 2 atom stereocenters. The van der Waals surface area contributed by atoms with Crippen LogP contribution in [-0.2, 0) is 9.47 Å². The van der Waals surface area contributed by atoms with Crippen LogP contribution in [0.15, 0.2) is 11.6 Å². The van der Waals surface area contributed by atoms with Crippen LogP contribution >= 0.6 is 0 Å². The van der Waals surface area contributed by atoms with E-state index in [1.807, 2.05) is 0 Å². The molecule has 2 nitrogen and oxygen atoms in total. The first-order valence-corrected chi connectivity index (χ1v) is 6.47. The molecular formula is C14H26O2. The summed E-state index contributed by atoms with van der Waals surface area (Å²) in [7, 11) is 0. The van der Waals surface area contributed by atoms with Crippen molar-refractivity contribution in [2.45, 2.75) is 72.4 Å². The van der Waals surface area contributed by atoms with Crippen LogP contribution in [0, 0.1) is 5.92 Å². The molecule has 1 aliphatic heterocycles. The fourth-order valence-electron chi connectivity index (χ4n) is 1.86. The largest absolute Gasteiger partial charge is 0.343 e. The molecule has 0 aromatic heterocycles. The van der Waals surface area contributed by atoms with Crippen molar-refractivity contribution in [1.29, 1.82) is 0 Å². The van der Waals surface area contributed by atoms with Crippen LogP contribution in [0.1, 0.15) is 53.9 Å². The second-order valence-electron chi connectivity index (χ2n) is 5.35. The van der Waals surface area contributed by atoms with Crippen molar-refractivity contribution in [2.24, 2.45) is 5.92 Å². The summed E-state index contributed by atoms with van der Waals surface area (Å²) >= 11 is 0. The van der Waals surface area contributed by atoms with E-state index in [9.17, 15) is 0 Å². The third-order valence-corrected chi connectivity index (χ3v) is 3.13. The summed E-state index contributed by atoms with van der Waals surface area (Å²) in [5.74, 6) is 0.798. The molecule has 2 unspecified atom stereocenters. The second kappa shape index (κ2) is 6.41. The van der Waals surface area contributed by atoms with Gasteiger partial charge in [-0.05, 0) is 45.6 Å². The highest BCUT2D eigenvalue weighted by atomic mass is 16.7. The van der Waals surface area contributed by atoms with Gasteiger partial charge in [-0.15, -0.1) is 0 Å². The molecule has 1 heterocycles. The molecule has 0 spiro atoms. The van der Waals surface area contributed by atoms with E-state index in [-0.39, 0.29) is 18.5 Å². The van der Waals surface area contributed by atoms with Crippen LogP contribution < -0.4 is 0 Å². The smallest absolute Gasteiger partial charge is 0.177 e. The standard InChI is InChI=1S/C14H26O2/c1-10(2)7-6-8-11(3)9-14-15-12(4)13(5)16-14/h9-10,12-14H,6-8H2,1-5H3. The summed E-state index contributed by atoms with van der Waals surface area (Å²) in [5.41, 5.74) is 1.38. The van der Waals surface area contributed by atoms with Crippen LogP contribution in [0.3, 0.4) is 0 Å². The zero-order valence-corrected chi connectivity index (χ0v) is 11.3. The van der Waals surface area contributed by atoms with Crippen LogP contribution in [0.5, 0.6) is 0 Å². The number of hydrogen-bond acceptors (Lipinski definition) is 2. The SMILES string of the molecule is CC(=CC1OC(C)C(C)O1)CCCC(C)C. The summed E-state index contributed by atoms with van der Waals surface area (Å²) < 4.78 is 11.3. The third kappa shape index (κ3) is 4.67. The topological polar surface area (TPSA) is 18.5 Å². The van der Waals surface area contributed by atoms with Crippen LogP contribution in [0.2, 0.25) is 0 Å². The van der Waals surface area contributed by atoms with Crippen molar-refractivity contribution in [1.82, 2.24) is 0 Å². The zero-order valence-electron chi connectivity index (χ0n) is 11.3. The van der Waals surface area contributed by atoms with Crippen molar-refractivity contribution >= 4 is 0 Å². The van der Waals surface area contributed by atoms with E-state index in [2.05, 4.69) is 40.7 Å². The molecule has 0 amide bonds. The molecule has 0 N–H and O–H groups in total. The lowest BCUT2D eigenvalue weighted by Crippen LogP contribution is -2.13. The van der Waals surface area contributed by atoms with Gasteiger partial charge in [-0.25, -0.2) is 0 Å². The van der Waals surface area contributed by atoms with Crippen molar-refractivity contribution in [2.75, 3.05) is 0 Å². The molecule has 1 rings (SSSR count). The van der Waals surface area contributed by atoms with E-state index >= 15 is 0 Å². The number of rotatable bonds is 5. The van der Waals surface area contributed by atoms with Crippen LogP contribution in [0.4, 0.5) is 0 Å². The summed E-state index contributed by atoms with van der Waals surface area (Å²) in [4.78, 5) is 0. The minimum absolute atomic E-state index is 0.121. The zero-order chi connectivity index (χ0) is 12.1. The summed E-state index contributed by atoms with van der Waals surface area (Å²) in [5, 5.41) is 0. The van der Waals surface area contributed by atoms with Crippen LogP contribution in [0.25, 0.3) is 0 Å². The maximum atomic E-state index is 5.67. The quantitative estimate of drug-likeness (QED) is 0.662. The molecular weight excluding hydrogens is 200 g/mol. The predicted octanol–water partition coefficient (Wildman–Crippen LogP) is 3.91. The Kier molecular flexibility index (Phi) is 5.50. The lowest BCUT2D eigenvalue weighted by Gasteiger charge is -2.08. The van der Waals surface area contributed by atoms with E-state index in [0.717, 1.165) is 12.3 Å². The maximum absolute atomic E-state index is 5.67. The molecule has 1 fully saturated rings. The normalized spacial score (nSPS) is 31.4. The Morgan fingerprint density at radius 2 is 1.75 bits per heavy atom. The molecule has 1 saturated heterocycles. The fraction of sp³-hybridized carbons (Fsp3) is 0.857. The Balaban J connectivity index is 2.28. The van der Waals surface area contributed by atoms with Crippen molar-refractivity contribution < 1.29 is 9.47 Å². The molecule has 0 radical (unpaired) electrons. The first kappa shape index (κ1) is 13.7. The summed E-state index contributed by atoms with van der Waals surface area (Å²) in [6.07, 6.45) is 6.14. The third-order valence-electron chi connectivity index (χ3n) is 3.13. The molecule has 0 bridgehead atoms. The van der Waals surface area contributed by atoms with Gasteiger partial charge in [0, 0.05) is 0 Å². The number of allylic oxidation sites excluding steroid dienone is 1. The van der Waals surface area contributed by atoms with Gasteiger partial charge in [0.2, 0.25) is 0 Å². The van der Waals surface area contributed by atoms with Gasteiger partial charge in [0.05, 0.1) is 12.2 Å². The van der Waals surface area contributed by atoms with Crippen molar-refractivity contribution in [3.05, 3.63) is 11.6 Å². The number of ether oxygens (including phenoxy) is 2. The highest BCUT2D eigenvalue weighted by Crippen LogP contribution is 2.21. The Bertz CT molecular complexity index is 223. The molecule has 0 saturated carbocycles. The minimum Gasteiger partial charge on any atom is -0.343 e. The summed E-state index contributed by atoms with van der Waals surface area (Å²) in [6, 6.07) is 0. The van der Waals surface area contributed by atoms with E-state index < -0.39 is 0 Å². The Labute approximate surface area is 100 Å². The lowest BCUT2D eigenvalue weighted by atomic mass is 10.0. The van der Waals surface area contributed by atoms with Gasteiger partial charge in [0.15, 0.2) is 6.29 Å². The number of hydrogen-bond donors (Lipinski definition) is 0. The lowest BCUT2D eigenvalue weighted by molar-refractivity contribution is -0.0250. The second-order valence-corrected chi connectivity index (χ2v) is 5.35. The molecule has 94 valence electrons. The molecule has 16 heavy (non-hydrogen) atoms. The molecule has 0 aromatic rings. The Morgan fingerprint density at radius 1 is 1.19 bits per heavy atom. The van der Waals surface area contributed by atoms with Gasteiger partial charge >= 0.3 is 0 Å². The average Bonchev–Trinajstić information content (AvgIpc) is 2.44. The highest BCUT2D eigenvalue weighted by Gasteiger charge is 2.27. The Morgan fingerprint density at radius 3 is 2.25 bits per heavy atom. The van der Waals surface area contributed by atoms with Crippen molar-refractivity contribution in [3.8, 4) is 0 Å². The van der Waals surface area contributed by atoms with Gasteiger partial charge in [0.25, 0.3) is 0 Å². The minimum atomic E-state index is -0.121. The first-order valence-electron chi connectivity index (χ1n) is 6.47.